The van der Waals surface area contributed by atoms with Gasteiger partial charge in [0.1, 0.15) is 5.65 Å². The molecule has 0 radical (unpaired) electrons. The minimum atomic E-state index is -0.201. The molecule has 1 fully saturated rings. The molecule has 1 aromatic carbocycles. The number of aromatic amines is 2. The third kappa shape index (κ3) is 3.36. The van der Waals surface area contributed by atoms with Crippen LogP contribution in [0.25, 0.3) is 11.0 Å². The Hall–Kier alpha value is -1.90. The lowest BCUT2D eigenvalue weighted by atomic mass is 10.1. The fraction of sp³-hybridized carbons (Fsp3) is 0.333. The second-order valence-electron chi connectivity index (χ2n) is 6.23. The first kappa shape index (κ1) is 17.5. The topological polar surface area (TPSA) is 99.6 Å². The van der Waals surface area contributed by atoms with Crippen molar-refractivity contribution in [2.24, 2.45) is 0 Å². The molecule has 0 saturated carbocycles. The van der Waals surface area contributed by atoms with Gasteiger partial charge in [0.25, 0.3) is 5.56 Å². The number of nitrogens with zero attached hydrogens (tertiary/aromatic N) is 1. The Morgan fingerprint density at radius 2 is 2.00 bits per heavy atom. The molecule has 4 rings (SSSR count). The molecule has 0 aliphatic carbocycles. The summed E-state index contributed by atoms with van der Waals surface area (Å²) in [5.74, 6) is 2.50. The summed E-state index contributed by atoms with van der Waals surface area (Å²) in [5, 5.41) is 4.06. The van der Waals surface area contributed by atoms with E-state index in [4.69, 9.17) is 5.73 Å². The quantitative estimate of drug-likeness (QED) is 0.485. The maximum atomic E-state index is 12.1. The van der Waals surface area contributed by atoms with Crippen LogP contribution >= 0.6 is 23.5 Å². The van der Waals surface area contributed by atoms with Gasteiger partial charge < -0.3 is 16.0 Å². The minimum absolute atomic E-state index is 0.127. The summed E-state index contributed by atoms with van der Waals surface area (Å²) < 4.78 is 0.127. The van der Waals surface area contributed by atoms with Crippen molar-refractivity contribution in [2.75, 3.05) is 23.8 Å². The normalized spacial score (nSPS) is 16.3. The molecule has 0 spiro atoms. The van der Waals surface area contributed by atoms with Crippen molar-refractivity contribution >= 4 is 40.5 Å². The summed E-state index contributed by atoms with van der Waals surface area (Å²) in [6.45, 7) is 1.50. The van der Waals surface area contributed by atoms with Gasteiger partial charge in [-0.25, -0.2) is 0 Å². The number of fused-ring (bicyclic) bond motifs is 1. The number of aromatic nitrogens is 3. The van der Waals surface area contributed by atoms with Crippen LogP contribution in [0, 0.1) is 0 Å². The molecule has 5 N–H and O–H groups in total. The average Bonchev–Trinajstić information content (AvgIpc) is 3.27. The number of hydrogen-bond donors (Lipinski definition) is 4. The van der Waals surface area contributed by atoms with E-state index in [1.807, 2.05) is 29.7 Å². The Labute approximate surface area is 159 Å². The fourth-order valence-electron chi connectivity index (χ4n) is 3.34. The number of H-pyrrole nitrogens is 2. The van der Waals surface area contributed by atoms with E-state index in [0.717, 1.165) is 18.5 Å². The Balaban J connectivity index is 1.43. The van der Waals surface area contributed by atoms with E-state index < -0.39 is 0 Å². The van der Waals surface area contributed by atoms with Crippen molar-refractivity contribution in [3.8, 4) is 0 Å². The van der Waals surface area contributed by atoms with E-state index >= 15 is 0 Å². The maximum absolute atomic E-state index is 12.1. The summed E-state index contributed by atoms with van der Waals surface area (Å²) in [4.78, 5) is 21.8. The zero-order chi connectivity index (χ0) is 18.0. The van der Waals surface area contributed by atoms with Crippen LogP contribution in [0.3, 0.4) is 0 Å². The minimum Gasteiger partial charge on any atom is -0.369 e. The number of hydrogen-bond acceptors (Lipinski definition) is 6. The molecule has 0 bridgehead atoms. The van der Waals surface area contributed by atoms with Crippen molar-refractivity contribution in [1.82, 2.24) is 20.3 Å². The highest BCUT2D eigenvalue weighted by Gasteiger charge is 2.36. The van der Waals surface area contributed by atoms with E-state index in [-0.39, 0.29) is 15.6 Å². The van der Waals surface area contributed by atoms with Crippen molar-refractivity contribution in [2.45, 2.75) is 17.0 Å². The summed E-state index contributed by atoms with van der Waals surface area (Å²) in [6, 6.07) is 10.7. The second-order valence-corrected chi connectivity index (χ2v) is 9.28. The molecule has 3 heterocycles. The van der Waals surface area contributed by atoms with Crippen LogP contribution in [-0.4, -0.2) is 33.0 Å². The van der Waals surface area contributed by atoms with Gasteiger partial charge in [0.15, 0.2) is 0 Å². The number of nitrogen functional groups attached to an aromatic ring is 1. The summed E-state index contributed by atoms with van der Waals surface area (Å²) in [6.07, 6.45) is 2.86. The number of anilines is 1. The standard InChI is InChI=1S/C18H21N5OS2/c19-17-22-15-14(16(24)23-17)12(11-21-15)10-20-7-6-18(25-8-9-26-18)13-4-2-1-3-5-13/h1-5,11,20H,6-10H2,(H4,19,21,22,23,24). The first-order valence-corrected chi connectivity index (χ1v) is 10.5. The Morgan fingerprint density at radius 3 is 2.77 bits per heavy atom. The van der Waals surface area contributed by atoms with E-state index in [1.165, 1.54) is 17.1 Å². The molecular weight excluding hydrogens is 366 g/mol. The third-order valence-corrected chi connectivity index (χ3v) is 8.15. The Morgan fingerprint density at radius 1 is 1.23 bits per heavy atom. The fourth-order valence-corrected chi connectivity index (χ4v) is 6.60. The van der Waals surface area contributed by atoms with Gasteiger partial charge in [-0.15, -0.1) is 23.5 Å². The monoisotopic (exact) mass is 387 g/mol. The molecular formula is C18H21N5OS2. The predicted molar refractivity (Wildman–Crippen MR) is 110 cm³/mol. The lowest BCUT2D eigenvalue weighted by molar-refractivity contribution is 0.629. The van der Waals surface area contributed by atoms with Crippen molar-refractivity contribution in [3.63, 3.8) is 0 Å². The molecule has 6 nitrogen and oxygen atoms in total. The molecule has 1 saturated heterocycles. The zero-order valence-corrected chi connectivity index (χ0v) is 15.9. The van der Waals surface area contributed by atoms with Crippen LogP contribution in [0.2, 0.25) is 0 Å². The van der Waals surface area contributed by atoms with Gasteiger partial charge in [-0.05, 0) is 24.1 Å². The van der Waals surface area contributed by atoms with Gasteiger partial charge in [0, 0.05) is 24.2 Å². The largest absolute Gasteiger partial charge is 0.369 e. The van der Waals surface area contributed by atoms with Gasteiger partial charge in [0.05, 0.1) is 9.47 Å². The highest BCUT2D eigenvalue weighted by Crippen LogP contribution is 2.53. The van der Waals surface area contributed by atoms with E-state index in [1.54, 1.807) is 0 Å². The lowest BCUT2D eigenvalue weighted by Gasteiger charge is -2.28. The average molecular weight is 388 g/mol. The van der Waals surface area contributed by atoms with Crippen LogP contribution in [0.1, 0.15) is 17.5 Å². The first-order valence-electron chi connectivity index (χ1n) is 8.58. The van der Waals surface area contributed by atoms with Crippen molar-refractivity contribution in [3.05, 3.63) is 58.0 Å². The summed E-state index contributed by atoms with van der Waals surface area (Å²) >= 11 is 4.07. The molecule has 26 heavy (non-hydrogen) atoms. The lowest BCUT2D eigenvalue weighted by Crippen LogP contribution is -2.24. The summed E-state index contributed by atoms with van der Waals surface area (Å²) in [5.41, 5.74) is 8.22. The predicted octanol–water partition coefficient (Wildman–Crippen LogP) is 2.65. The van der Waals surface area contributed by atoms with Gasteiger partial charge >= 0.3 is 0 Å². The van der Waals surface area contributed by atoms with Crippen LogP contribution in [0.5, 0.6) is 0 Å². The molecule has 3 aromatic rings. The molecule has 8 heteroatoms. The number of nitrogens with one attached hydrogen (secondary N) is 3. The number of benzene rings is 1. The van der Waals surface area contributed by atoms with Gasteiger partial charge in [0.2, 0.25) is 5.95 Å². The summed E-state index contributed by atoms with van der Waals surface area (Å²) in [7, 11) is 0. The number of rotatable bonds is 6. The SMILES string of the molecule is Nc1nc2[nH]cc(CNCCC3(c4ccccc4)SCCS3)c2c(=O)[nH]1. The van der Waals surface area contributed by atoms with Crippen LogP contribution in [-0.2, 0) is 10.6 Å². The van der Waals surface area contributed by atoms with Gasteiger partial charge in [-0.1, -0.05) is 30.3 Å². The van der Waals surface area contributed by atoms with Crippen LogP contribution in [0.15, 0.2) is 41.3 Å². The molecule has 0 amide bonds. The number of nitrogens with two attached hydrogens (primary N) is 1. The molecule has 0 unspecified atom stereocenters. The van der Waals surface area contributed by atoms with E-state index in [2.05, 4.69) is 50.6 Å². The second kappa shape index (κ2) is 7.38. The first-order chi connectivity index (χ1) is 12.7. The molecule has 136 valence electrons. The molecule has 1 aliphatic heterocycles. The van der Waals surface area contributed by atoms with Crippen molar-refractivity contribution < 1.29 is 0 Å². The maximum Gasteiger partial charge on any atom is 0.262 e. The van der Waals surface area contributed by atoms with Gasteiger partial charge in [-0.2, -0.15) is 4.98 Å². The highest BCUT2D eigenvalue weighted by atomic mass is 32.2. The van der Waals surface area contributed by atoms with Gasteiger partial charge in [-0.3, -0.25) is 9.78 Å². The molecule has 2 aromatic heterocycles. The Kier molecular flexibility index (Phi) is 4.97. The molecule has 0 atom stereocenters. The third-order valence-electron chi connectivity index (χ3n) is 4.56. The van der Waals surface area contributed by atoms with E-state index in [0.29, 0.717) is 17.6 Å². The van der Waals surface area contributed by atoms with Crippen LogP contribution in [0.4, 0.5) is 5.95 Å². The number of thioether (sulfide) groups is 2. The Bertz CT molecular complexity index is 947. The zero-order valence-electron chi connectivity index (χ0n) is 14.2. The highest BCUT2D eigenvalue weighted by molar-refractivity contribution is 8.20. The van der Waals surface area contributed by atoms with E-state index in [9.17, 15) is 4.79 Å². The molecule has 1 aliphatic rings. The van der Waals surface area contributed by atoms with Crippen molar-refractivity contribution in [1.29, 1.82) is 0 Å². The van der Waals surface area contributed by atoms with Crippen LogP contribution < -0.4 is 16.6 Å². The smallest absolute Gasteiger partial charge is 0.262 e.